The van der Waals surface area contributed by atoms with Gasteiger partial charge in [0.05, 0.1) is 13.2 Å². The molecule has 0 fully saturated rings. The molecule has 47 heavy (non-hydrogen) atoms. The SMILES string of the molecule is CCCCCCCCCCCCC(=O)OC(CCCCCCCCCCC)CCCCCCCC(=O)NCC(=O)NC(CO)C(=O)O. The molecule has 0 rings (SSSR count). The van der Waals surface area contributed by atoms with E-state index in [4.69, 9.17) is 14.9 Å². The lowest BCUT2D eigenvalue weighted by molar-refractivity contribution is -0.150. The minimum Gasteiger partial charge on any atom is -0.480 e. The van der Waals surface area contributed by atoms with E-state index in [1.165, 1.54) is 103 Å². The van der Waals surface area contributed by atoms with E-state index in [-0.39, 0.29) is 24.5 Å². The molecule has 0 aliphatic heterocycles. The Morgan fingerprint density at radius 2 is 0.957 bits per heavy atom. The van der Waals surface area contributed by atoms with Crippen LogP contribution in [0.15, 0.2) is 0 Å². The maximum atomic E-state index is 12.7. The molecule has 0 aromatic rings. The first-order chi connectivity index (χ1) is 22.8. The fourth-order valence-electron chi connectivity index (χ4n) is 5.83. The fourth-order valence-corrected chi connectivity index (χ4v) is 5.83. The van der Waals surface area contributed by atoms with Gasteiger partial charge in [-0.25, -0.2) is 4.79 Å². The molecule has 0 heterocycles. The van der Waals surface area contributed by atoms with Gasteiger partial charge in [0, 0.05) is 12.8 Å². The summed E-state index contributed by atoms with van der Waals surface area (Å²) in [6, 6.07) is -1.38. The molecule has 2 unspecified atom stereocenters. The number of carboxylic acid groups (broad SMARTS) is 1. The first-order valence-electron chi connectivity index (χ1n) is 19.4. The molecule has 4 N–H and O–H groups in total. The van der Waals surface area contributed by atoms with Crippen molar-refractivity contribution in [1.29, 1.82) is 0 Å². The van der Waals surface area contributed by atoms with Gasteiger partial charge in [0.2, 0.25) is 11.8 Å². The van der Waals surface area contributed by atoms with E-state index >= 15 is 0 Å². The molecule has 0 aliphatic rings. The number of nitrogens with one attached hydrogen (secondary N) is 2. The van der Waals surface area contributed by atoms with Crippen molar-refractivity contribution < 1.29 is 34.1 Å². The molecule has 2 amide bonds. The zero-order valence-electron chi connectivity index (χ0n) is 30.3. The third-order valence-corrected chi connectivity index (χ3v) is 8.85. The molecule has 0 aliphatic carbocycles. The second kappa shape index (κ2) is 33.7. The molecule has 0 aromatic carbocycles. The second-order valence-electron chi connectivity index (χ2n) is 13.4. The van der Waals surface area contributed by atoms with Crippen LogP contribution in [-0.2, 0) is 23.9 Å². The molecule has 2 atom stereocenters. The van der Waals surface area contributed by atoms with Gasteiger partial charge in [0.25, 0.3) is 0 Å². The average Bonchev–Trinajstić information content (AvgIpc) is 3.05. The van der Waals surface area contributed by atoms with Gasteiger partial charge in [0.1, 0.15) is 12.1 Å². The Labute approximate surface area is 287 Å². The molecule has 0 spiro atoms. The Hall–Kier alpha value is -2.16. The van der Waals surface area contributed by atoms with Gasteiger partial charge >= 0.3 is 11.9 Å². The quantitative estimate of drug-likeness (QED) is 0.0392. The highest BCUT2D eigenvalue weighted by Gasteiger charge is 2.19. The number of ether oxygens (including phenoxy) is 1. The predicted octanol–water partition coefficient (Wildman–Crippen LogP) is 8.54. The van der Waals surface area contributed by atoms with Crippen molar-refractivity contribution >= 4 is 23.8 Å². The zero-order chi connectivity index (χ0) is 34.8. The lowest BCUT2D eigenvalue weighted by atomic mass is 10.0. The molecule has 0 radical (unpaired) electrons. The van der Waals surface area contributed by atoms with Crippen LogP contribution in [0.5, 0.6) is 0 Å². The molecule has 9 heteroatoms. The van der Waals surface area contributed by atoms with Gasteiger partial charge in [-0.1, -0.05) is 142 Å². The van der Waals surface area contributed by atoms with E-state index in [9.17, 15) is 19.2 Å². The molecule has 0 saturated heterocycles. The van der Waals surface area contributed by atoms with Crippen LogP contribution in [0, 0.1) is 0 Å². The highest BCUT2D eigenvalue weighted by molar-refractivity contribution is 5.87. The summed E-state index contributed by atoms with van der Waals surface area (Å²) in [5.41, 5.74) is 0. The summed E-state index contributed by atoms with van der Waals surface area (Å²) in [7, 11) is 0. The van der Waals surface area contributed by atoms with E-state index in [1.54, 1.807) is 0 Å². The number of esters is 1. The van der Waals surface area contributed by atoms with Crippen LogP contribution in [0.4, 0.5) is 0 Å². The normalized spacial score (nSPS) is 12.4. The maximum Gasteiger partial charge on any atom is 0.328 e. The smallest absolute Gasteiger partial charge is 0.328 e. The third-order valence-electron chi connectivity index (χ3n) is 8.85. The zero-order valence-corrected chi connectivity index (χ0v) is 30.3. The van der Waals surface area contributed by atoms with Crippen molar-refractivity contribution in [2.24, 2.45) is 0 Å². The number of carboxylic acids is 1. The number of hydrogen-bond acceptors (Lipinski definition) is 6. The van der Waals surface area contributed by atoms with Crippen LogP contribution >= 0.6 is 0 Å². The summed E-state index contributed by atoms with van der Waals surface area (Å²) in [4.78, 5) is 47.3. The predicted molar refractivity (Wildman–Crippen MR) is 190 cm³/mol. The van der Waals surface area contributed by atoms with E-state index in [0.717, 1.165) is 57.8 Å². The van der Waals surface area contributed by atoms with Gasteiger partial charge in [0.15, 0.2) is 0 Å². The maximum absolute atomic E-state index is 12.7. The van der Waals surface area contributed by atoms with Gasteiger partial charge in [-0.2, -0.15) is 0 Å². The lowest BCUT2D eigenvalue weighted by Crippen LogP contribution is -2.47. The number of aliphatic hydroxyl groups excluding tert-OH is 1. The van der Waals surface area contributed by atoms with E-state index in [1.807, 2.05) is 0 Å². The largest absolute Gasteiger partial charge is 0.480 e. The first kappa shape index (κ1) is 44.8. The monoisotopic (exact) mass is 669 g/mol. The number of carbonyl (C=O) groups excluding carboxylic acids is 3. The first-order valence-corrected chi connectivity index (χ1v) is 19.4. The van der Waals surface area contributed by atoms with E-state index in [0.29, 0.717) is 19.3 Å². The van der Waals surface area contributed by atoms with Crippen LogP contribution in [0.1, 0.15) is 194 Å². The fraction of sp³-hybridized carbons (Fsp3) is 0.895. The highest BCUT2D eigenvalue weighted by Crippen LogP contribution is 2.19. The molecule has 9 nitrogen and oxygen atoms in total. The molecule has 276 valence electrons. The molecular weight excluding hydrogens is 596 g/mol. The highest BCUT2D eigenvalue weighted by atomic mass is 16.5. The van der Waals surface area contributed by atoms with Crippen LogP contribution in [0.2, 0.25) is 0 Å². The number of aliphatic hydroxyl groups is 1. The van der Waals surface area contributed by atoms with Crippen molar-refractivity contribution in [2.75, 3.05) is 13.2 Å². The third kappa shape index (κ3) is 30.9. The van der Waals surface area contributed by atoms with E-state index in [2.05, 4.69) is 24.5 Å². The molecule has 0 saturated carbocycles. The average molecular weight is 669 g/mol. The molecular formula is C38H72N2O7. The van der Waals surface area contributed by atoms with Crippen molar-refractivity contribution in [2.45, 2.75) is 206 Å². The summed E-state index contributed by atoms with van der Waals surface area (Å²) in [5, 5.41) is 22.5. The van der Waals surface area contributed by atoms with Crippen molar-refractivity contribution in [3.05, 3.63) is 0 Å². The second-order valence-corrected chi connectivity index (χ2v) is 13.4. The minimum absolute atomic E-state index is 0.00124. The molecule has 0 bridgehead atoms. The van der Waals surface area contributed by atoms with Crippen LogP contribution < -0.4 is 10.6 Å². The molecule has 0 aromatic heterocycles. The summed E-state index contributed by atoms with van der Waals surface area (Å²) in [6.45, 7) is 3.47. The minimum atomic E-state index is -1.38. The standard InChI is InChI=1S/C38H72N2O7/c1-3-5-7-9-11-13-15-17-22-26-30-37(44)47-33(27-23-19-16-14-12-10-8-6-4-2)28-24-20-18-21-25-29-35(42)39-31-36(43)40-34(32-41)38(45)46/h33-34,41H,3-32H2,1-2H3,(H,39,42)(H,40,43)(H,45,46). The van der Waals surface area contributed by atoms with Crippen LogP contribution in [-0.4, -0.2) is 59.3 Å². The summed E-state index contributed by atoms with van der Waals surface area (Å²) in [6.07, 6.45) is 31.3. The van der Waals surface area contributed by atoms with Gasteiger partial charge in [-0.05, 0) is 38.5 Å². The Morgan fingerprint density at radius 3 is 1.38 bits per heavy atom. The number of rotatable bonds is 35. The number of unbranched alkanes of at least 4 members (excludes halogenated alkanes) is 21. The van der Waals surface area contributed by atoms with Gasteiger partial charge in [-0.15, -0.1) is 0 Å². The Bertz CT molecular complexity index is 777. The summed E-state index contributed by atoms with van der Waals surface area (Å²) in [5.74, 6) is -2.28. The Kier molecular flexibility index (Phi) is 32.2. The van der Waals surface area contributed by atoms with Crippen LogP contribution in [0.3, 0.4) is 0 Å². The number of aliphatic carboxylic acids is 1. The summed E-state index contributed by atoms with van der Waals surface area (Å²) >= 11 is 0. The topological polar surface area (TPSA) is 142 Å². The number of amides is 2. The van der Waals surface area contributed by atoms with Gasteiger partial charge in [-0.3, -0.25) is 14.4 Å². The van der Waals surface area contributed by atoms with Crippen molar-refractivity contribution in [1.82, 2.24) is 10.6 Å². The van der Waals surface area contributed by atoms with Gasteiger partial charge < -0.3 is 25.6 Å². The van der Waals surface area contributed by atoms with E-state index < -0.39 is 24.5 Å². The Balaban J connectivity index is 4.24. The Morgan fingerprint density at radius 1 is 0.553 bits per heavy atom. The van der Waals surface area contributed by atoms with Crippen molar-refractivity contribution in [3.63, 3.8) is 0 Å². The summed E-state index contributed by atoms with van der Waals surface area (Å²) < 4.78 is 5.98. The number of carbonyl (C=O) groups is 4. The van der Waals surface area contributed by atoms with Crippen LogP contribution in [0.25, 0.3) is 0 Å². The number of hydrogen-bond donors (Lipinski definition) is 4. The lowest BCUT2D eigenvalue weighted by Gasteiger charge is -2.18. The van der Waals surface area contributed by atoms with Crippen molar-refractivity contribution in [3.8, 4) is 0 Å².